The first kappa shape index (κ1) is 13.2. The van der Waals surface area contributed by atoms with E-state index in [0.717, 1.165) is 25.3 Å². The van der Waals surface area contributed by atoms with Crippen LogP contribution in [0.25, 0.3) is 0 Å². The fourth-order valence-corrected chi connectivity index (χ4v) is 3.14. The average molecular weight is 268 g/mol. The van der Waals surface area contributed by atoms with Gasteiger partial charge in [0.2, 0.25) is 5.91 Å². The highest BCUT2D eigenvalue weighted by Gasteiger charge is 2.30. The molecule has 0 aromatic heterocycles. The van der Waals surface area contributed by atoms with Gasteiger partial charge in [-0.25, -0.2) is 0 Å². The minimum Gasteiger partial charge on any atom is -0.311 e. The number of carbonyl (C=O) groups is 1. The molecule has 0 aliphatic carbocycles. The molecule has 0 bridgehead atoms. The summed E-state index contributed by atoms with van der Waals surface area (Å²) >= 11 is 0. The second-order valence-corrected chi connectivity index (χ2v) is 5.68. The topological polar surface area (TPSA) is 23.6 Å². The Labute approximate surface area is 120 Å². The summed E-state index contributed by atoms with van der Waals surface area (Å²) < 4.78 is 0. The third-order valence-electron chi connectivity index (χ3n) is 4.24. The maximum Gasteiger partial charge on any atom is 0.228 e. The van der Waals surface area contributed by atoms with Crippen LogP contribution in [-0.4, -0.2) is 30.4 Å². The number of anilines is 1. The zero-order valence-electron chi connectivity index (χ0n) is 11.7. The Balaban J connectivity index is 1.82. The van der Waals surface area contributed by atoms with Crippen LogP contribution < -0.4 is 4.90 Å². The lowest BCUT2D eigenvalue weighted by Crippen LogP contribution is -2.27. The van der Waals surface area contributed by atoms with Gasteiger partial charge in [-0.3, -0.25) is 9.69 Å². The van der Waals surface area contributed by atoms with Crippen molar-refractivity contribution in [3.05, 3.63) is 29.8 Å². The Bertz CT molecular complexity index is 540. The van der Waals surface area contributed by atoms with Crippen molar-refractivity contribution >= 4 is 11.6 Å². The average Bonchev–Trinajstić information content (AvgIpc) is 3.09. The van der Waals surface area contributed by atoms with Gasteiger partial charge in [0.25, 0.3) is 0 Å². The largest absolute Gasteiger partial charge is 0.311 e. The molecule has 1 aromatic rings. The summed E-state index contributed by atoms with van der Waals surface area (Å²) in [6.45, 7) is 3.91. The Morgan fingerprint density at radius 2 is 2.00 bits per heavy atom. The van der Waals surface area contributed by atoms with Crippen LogP contribution in [0.4, 0.5) is 5.69 Å². The molecule has 20 heavy (non-hydrogen) atoms. The maximum absolute atomic E-state index is 12.2. The van der Waals surface area contributed by atoms with E-state index < -0.39 is 0 Å². The molecule has 1 amide bonds. The number of carbonyl (C=O) groups excluding carboxylic acids is 1. The fourth-order valence-electron chi connectivity index (χ4n) is 3.14. The lowest BCUT2D eigenvalue weighted by molar-refractivity contribution is -0.117. The van der Waals surface area contributed by atoms with Gasteiger partial charge in [0.15, 0.2) is 0 Å². The number of rotatable bonds is 3. The van der Waals surface area contributed by atoms with Crippen LogP contribution in [-0.2, 0) is 11.3 Å². The molecule has 104 valence electrons. The first-order chi connectivity index (χ1) is 9.78. The molecule has 2 aliphatic heterocycles. The third-order valence-corrected chi connectivity index (χ3v) is 4.24. The Morgan fingerprint density at radius 1 is 1.25 bits per heavy atom. The van der Waals surface area contributed by atoms with E-state index in [1.807, 2.05) is 23.1 Å². The molecule has 1 atom stereocenters. The maximum atomic E-state index is 12.2. The number of hydrogen-bond acceptors (Lipinski definition) is 2. The minimum atomic E-state index is 0.0577. The van der Waals surface area contributed by atoms with Crippen molar-refractivity contribution in [3.63, 3.8) is 0 Å². The van der Waals surface area contributed by atoms with E-state index in [0.29, 0.717) is 13.0 Å². The standard InChI is InChI=1S/C17H20N2O/c1-2-14-11-17(20)19(12-14)16-8-4-3-7-15(16)13-18-9-5-6-10-18/h1,3-4,7-8,14H,5-6,9-13H2. The highest BCUT2D eigenvalue weighted by molar-refractivity contribution is 5.96. The summed E-state index contributed by atoms with van der Waals surface area (Å²) in [5.74, 6) is 2.93. The SMILES string of the molecule is C#CC1CC(=O)N(c2ccccc2CN2CCCC2)C1. The number of amides is 1. The molecule has 2 saturated heterocycles. The first-order valence-electron chi connectivity index (χ1n) is 7.34. The van der Waals surface area contributed by atoms with E-state index in [9.17, 15) is 4.79 Å². The van der Waals surface area contributed by atoms with E-state index >= 15 is 0 Å². The molecule has 2 aliphatic rings. The zero-order chi connectivity index (χ0) is 13.9. The van der Waals surface area contributed by atoms with Crippen LogP contribution in [0.3, 0.4) is 0 Å². The normalized spacial score (nSPS) is 23.2. The van der Waals surface area contributed by atoms with Gasteiger partial charge >= 0.3 is 0 Å². The van der Waals surface area contributed by atoms with Crippen LogP contribution in [0.15, 0.2) is 24.3 Å². The van der Waals surface area contributed by atoms with Crippen molar-refractivity contribution in [1.82, 2.24) is 4.90 Å². The second-order valence-electron chi connectivity index (χ2n) is 5.68. The monoisotopic (exact) mass is 268 g/mol. The van der Waals surface area contributed by atoms with Gasteiger partial charge in [-0.05, 0) is 37.6 Å². The van der Waals surface area contributed by atoms with Crippen LogP contribution in [0, 0.1) is 18.3 Å². The summed E-state index contributed by atoms with van der Waals surface area (Å²) in [7, 11) is 0. The quantitative estimate of drug-likeness (QED) is 0.785. The van der Waals surface area contributed by atoms with Crippen molar-refractivity contribution in [2.45, 2.75) is 25.8 Å². The Morgan fingerprint density at radius 3 is 2.70 bits per heavy atom. The number of hydrogen-bond donors (Lipinski definition) is 0. The molecule has 1 aromatic carbocycles. The van der Waals surface area contributed by atoms with Crippen molar-refractivity contribution in [2.75, 3.05) is 24.5 Å². The molecule has 0 radical (unpaired) electrons. The van der Waals surface area contributed by atoms with Crippen molar-refractivity contribution < 1.29 is 4.79 Å². The molecule has 0 N–H and O–H groups in total. The number of nitrogens with zero attached hydrogens (tertiary/aromatic N) is 2. The number of para-hydroxylation sites is 1. The third kappa shape index (κ3) is 2.57. The van der Waals surface area contributed by atoms with Crippen LogP contribution in [0.2, 0.25) is 0 Å². The van der Waals surface area contributed by atoms with Gasteiger partial charge in [0, 0.05) is 31.1 Å². The van der Waals surface area contributed by atoms with Crippen molar-refractivity contribution in [3.8, 4) is 12.3 Å². The van der Waals surface area contributed by atoms with Gasteiger partial charge in [-0.1, -0.05) is 18.2 Å². The molecule has 2 fully saturated rings. The van der Waals surface area contributed by atoms with Gasteiger partial charge in [0.1, 0.15) is 0 Å². The highest BCUT2D eigenvalue weighted by atomic mass is 16.2. The highest BCUT2D eigenvalue weighted by Crippen LogP contribution is 2.29. The Hall–Kier alpha value is -1.79. The predicted octanol–water partition coefficient (Wildman–Crippen LogP) is 2.27. The molecule has 3 heteroatoms. The van der Waals surface area contributed by atoms with Gasteiger partial charge in [-0.2, -0.15) is 0 Å². The van der Waals surface area contributed by atoms with E-state index in [1.165, 1.54) is 18.4 Å². The lowest BCUT2D eigenvalue weighted by atomic mass is 10.1. The predicted molar refractivity (Wildman–Crippen MR) is 80.2 cm³/mol. The van der Waals surface area contributed by atoms with Gasteiger partial charge in [0.05, 0.1) is 0 Å². The van der Waals surface area contributed by atoms with E-state index in [1.54, 1.807) is 0 Å². The van der Waals surface area contributed by atoms with E-state index in [2.05, 4.69) is 16.9 Å². The molecular weight excluding hydrogens is 248 g/mol. The van der Waals surface area contributed by atoms with E-state index in [-0.39, 0.29) is 11.8 Å². The number of likely N-dealkylation sites (tertiary alicyclic amines) is 1. The molecule has 2 heterocycles. The van der Waals surface area contributed by atoms with Crippen molar-refractivity contribution in [2.24, 2.45) is 5.92 Å². The number of benzene rings is 1. The van der Waals surface area contributed by atoms with Gasteiger partial charge < -0.3 is 4.90 Å². The molecule has 1 unspecified atom stereocenters. The second kappa shape index (κ2) is 5.68. The van der Waals surface area contributed by atoms with Crippen molar-refractivity contribution in [1.29, 1.82) is 0 Å². The summed E-state index contributed by atoms with van der Waals surface area (Å²) in [5.41, 5.74) is 2.28. The van der Waals surface area contributed by atoms with Crippen LogP contribution in [0.5, 0.6) is 0 Å². The lowest BCUT2D eigenvalue weighted by Gasteiger charge is -2.23. The summed E-state index contributed by atoms with van der Waals surface area (Å²) in [6.07, 6.45) is 8.51. The number of terminal acetylenes is 1. The fraction of sp³-hybridized carbons (Fsp3) is 0.471. The first-order valence-corrected chi connectivity index (χ1v) is 7.34. The molecular formula is C17H20N2O. The van der Waals surface area contributed by atoms with Gasteiger partial charge in [-0.15, -0.1) is 12.3 Å². The molecule has 0 saturated carbocycles. The summed E-state index contributed by atoms with van der Waals surface area (Å²) in [5, 5.41) is 0. The molecule has 3 nitrogen and oxygen atoms in total. The molecule has 0 spiro atoms. The van der Waals surface area contributed by atoms with E-state index in [4.69, 9.17) is 6.42 Å². The zero-order valence-corrected chi connectivity index (χ0v) is 11.7. The Kier molecular flexibility index (Phi) is 3.75. The van der Waals surface area contributed by atoms with Crippen LogP contribution in [0.1, 0.15) is 24.8 Å². The summed E-state index contributed by atoms with van der Waals surface area (Å²) in [6, 6.07) is 8.22. The molecule has 3 rings (SSSR count). The van der Waals surface area contributed by atoms with Crippen LogP contribution >= 0.6 is 0 Å². The minimum absolute atomic E-state index is 0.0577. The summed E-state index contributed by atoms with van der Waals surface area (Å²) in [4.78, 5) is 16.5. The smallest absolute Gasteiger partial charge is 0.228 e.